The fraction of sp³-hybridized carbons (Fsp3) is 0.981. The second-order valence-corrected chi connectivity index (χ2v) is 41.1. The Labute approximate surface area is 744 Å². The highest BCUT2D eigenvalue weighted by Crippen LogP contribution is 2.61. The van der Waals surface area contributed by atoms with Crippen LogP contribution in [0.3, 0.4) is 0 Å². The van der Waals surface area contributed by atoms with Crippen LogP contribution in [0.4, 0.5) is 0 Å². The van der Waals surface area contributed by atoms with E-state index < -0.39 is 0 Å². The number of fused-ring (bicyclic) bond motifs is 3. The first-order valence-electron chi connectivity index (χ1n) is 52.4. The largest absolute Gasteiger partial charge is 0.381 e. The first-order valence-corrected chi connectivity index (χ1v) is 52.4. The zero-order valence-electron chi connectivity index (χ0n) is 84.9. The molecule has 11 saturated carbocycles. The van der Waals surface area contributed by atoms with Crippen molar-refractivity contribution in [3.8, 4) is 0 Å². The average Bonchev–Trinajstić information content (AvgIpc) is 1.60. The smallest absolute Gasteiger partial charge is 0.0521 e. The molecule has 0 radical (unpaired) electrons. The van der Waals surface area contributed by atoms with Crippen molar-refractivity contribution in [1.29, 1.82) is 0 Å². The zero-order valence-corrected chi connectivity index (χ0v) is 84.9. The summed E-state index contributed by atoms with van der Waals surface area (Å²) in [5.74, 6) is 16.4. The van der Waals surface area contributed by atoms with E-state index in [0.29, 0.717) is 27.6 Å². The average molecular weight is 1690 g/mol. The summed E-state index contributed by atoms with van der Waals surface area (Å²) in [5, 5.41) is 0. The van der Waals surface area contributed by atoms with Crippen molar-refractivity contribution in [3.05, 3.63) is 12.2 Å². The summed E-state index contributed by atoms with van der Waals surface area (Å²) in [7, 11) is 0. The van der Waals surface area contributed by atoms with Gasteiger partial charge in [0.1, 0.15) is 0 Å². The quantitative estimate of drug-likeness (QED) is 0.0434. The molecule has 11 heteroatoms. The number of allylic oxidation sites excluding steroid dienone is 2. The highest BCUT2D eigenvalue weighted by Gasteiger charge is 2.53. The first-order chi connectivity index (χ1) is 57.3. The van der Waals surface area contributed by atoms with Gasteiger partial charge in [0.15, 0.2) is 0 Å². The Morgan fingerprint density at radius 2 is 0.672 bits per heavy atom. The fourth-order valence-electron chi connectivity index (χ4n) is 20.6. The van der Waals surface area contributed by atoms with E-state index in [9.17, 15) is 0 Å². The molecule has 0 spiro atoms. The number of hydrogen-bond acceptors (Lipinski definition) is 11. The standard InChI is InChI=1S/C15H28O.C13H24O.C12H20O.C10H16O.C10H20O.C10H22O.C9H20O.C8H16O.C8H18O.C7H16O.C6H14O/c1-2-16-12-13-8-10-15(11-9-13)14-6-4-3-5-7-14;1-2-14-10-11-7-8-12-5-3-4-6-13(12)9-11;1-2-13-7-12-10-4-8-3-9(6-10)11(12)5-8;1-2-11-7-10-6-8-3-4-9(10)5-8;1-2-11-9-10-7-5-3-4-6-8-10;1-5-10(6-2,7-3)9-11-8-4;1-5-9(4,6-2)8-10-7-3;1-2-9-7-8-5-3-4-6-8;1-5-8(3,4)7-9-6-2;1-5-8-6-7(2,3)4;1-4-7-5-6(2)3/h13-15H,2-12H2,1H3;11-13H,2-10H2,1H3;8-12H,2-7H2,1H3;3-4,8-10H,2,5-7H2,1H3;10H,2-9H2,1H3;5-9H2,1-4H3;5-8H2,1-4H3;8H,2-7H2,1H3;5-7H2,1-4H3;5-6H2,1-4H3;6H,4-5H2,1-3H3. The Bertz CT molecular complexity index is 2170. The summed E-state index contributed by atoms with van der Waals surface area (Å²) in [6.07, 6.45) is 59.1. The lowest BCUT2D eigenvalue weighted by molar-refractivity contribution is 0.0421. The van der Waals surface area contributed by atoms with E-state index >= 15 is 0 Å². The van der Waals surface area contributed by atoms with Gasteiger partial charge in [-0.05, 0) is 346 Å². The van der Waals surface area contributed by atoms with Gasteiger partial charge in [-0.3, -0.25) is 0 Å². The van der Waals surface area contributed by atoms with Crippen LogP contribution in [0.5, 0.6) is 0 Å². The molecular weight excluding hydrogens is 1470 g/mol. The lowest BCUT2D eigenvalue weighted by Gasteiger charge is -2.39. The van der Waals surface area contributed by atoms with Gasteiger partial charge in [0.25, 0.3) is 0 Å². The van der Waals surface area contributed by atoms with Gasteiger partial charge in [-0.1, -0.05) is 205 Å². The Morgan fingerprint density at radius 3 is 1.09 bits per heavy atom. The number of hydrogen-bond donors (Lipinski definition) is 0. The lowest BCUT2D eigenvalue weighted by Crippen LogP contribution is -2.29. The van der Waals surface area contributed by atoms with Crippen LogP contribution >= 0.6 is 0 Å². The molecule has 12 aliphatic carbocycles. The monoisotopic (exact) mass is 1690 g/mol. The fourth-order valence-corrected chi connectivity index (χ4v) is 20.6. The van der Waals surface area contributed by atoms with E-state index in [1.807, 2.05) is 27.7 Å². The van der Waals surface area contributed by atoms with Crippen molar-refractivity contribution >= 4 is 0 Å². The first kappa shape index (κ1) is 116. The van der Waals surface area contributed by atoms with Gasteiger partial charge in [-0.2, -0.15) is 0 Å². The molecule has 712 valence electrons. The summed E-state index contributed by atoms with van der Waals surface area (Å²) in [6, 6.07) is 0. The minimum Gasteiger partial charge on any atom is -0.381 e. The van der Waals surface area contributed by atoms with Gasteiger partial charge in [0.05, 0.1) is 26.4 Å². The van der Waals surface area contributed by atoms with Crippen molar-refractivity contribution in [2.75, 3.05) is 145 Å². The van der Waals surface area contributed by atoms with E-state index in [4.69, 9.17) is 52.1 Å². The highest BCUT2D eigenvalue weighted by atomic mass is 16.5. The van der Waals surface area contributed by atoms with Crippen LogP contribution in [-0.4, -0.2) is 145 Å². The van der Waals surface area contributed by atoms with Crippen molar-refractivity contribution in [1.82, 2.24) is 0 Å². The Kier molecular flexibility index (Phi) is 71.5. The van der Waals surface area contributed by atoms with E-state index in [-0.39, 0.29) is 0 Å². The second kappa shape index (κ2) is 73.1. The molecule has 11 atom stereocenters. The van der Waals surface area contributed by atoms with Crippen LogP contribution in [-0.2, 0) is 52.1 Å². The summed E-state index contributed by atoms with van der Waals surface area (Å²) >= 11 is 0. The second-order valence-electron chi connectivity index (χ2n) is 41.1. The minimum atomic E-state index is 0.329. The molecule has 119 heavy (non-hydrogen) atoms. The molecule has 0 heterocycles. The van der Waals surface area contributed by atoms with E-state index in [2.05, 4.69) is 158 Å². The molecule has 11 fully saturated rings. The molecular formula is C108H214O11. The SMILES string of the molecule is CCOCC(C)(C)C.CCOCC(C)(C)CC.CCOCC(C)(CC)CC.CCOCC(C)C.CCOCC(CC)(CC)CC.CCOCC1C2CC3CC(C2)C1C3.CCOCC1CC2C=CC1C2.CCOCC1CCC(C2CCCCC2)CC1.CCOCC1CCC2CCCCC2C1.CCOCC1CCCC1.CCOCC1CCCCCC1. The van der Waals surface area contributed by atoms with E-state index in [0.717, 1.165) is 240 Å². The van der Waals surface area contributed by atoms with E-state index in [1.54, 1.807) is 19.3 Å². The maximum atomic E-state index is 5.62. The summed E-state index contributed by atoms with van der Waals surface area (Å²) < 4.78 is 59.3. The zero-order chi connectivity index (χ0) is 88.4. The van der Waals surface area contributed by atoms with Gasteiger partial charge in [0.2, 0.25) is 0 Å². The maximum absolute atomic E-state index is 5.62. The van der Waals surface area contributed by atoms with E-state index in [1.165, 1.54) is 225 Å². The highest BCUT2D eigenvalue weighted by molar-refractivity contribution is 5.10. The normalized spacial score (nSPS) is 26.3. The summed E-state index contributed by atoms with van der Waals surface area (Å²) in [6.45, 7) is 73.8. The topological polar surface area (TPSA) is 102 Å². The Balaban J connectivity index is 0.000000660. The third kappa shape index (κ3) is 55.1. The van der Waals surface area contributed by atoms with Gasteiger partial charge in [-0.15, -0.1) is 0 Å². The molecule has 0 N–H and O–H groups in total. The van der Waals surface area contributed by atoms with Gasteiger partial charge >= 0.3 is 0 Å². The third-order valence-electron chi connectivity index (χ3n) is 29.5. The van der Waals surface area contributed by atoms with Crippen LogP contribution in [0, 0.1) is 122 Å². The number of ether oxygens (including phenoxy) is 11. The molecule has 0 aliphatic heterocycles. The predicted molar refractivity (Wildman–Crippen MR) is 515 cm³/mol. The van der Waals surface area contributed by atoms with Crippen LogP contribution in [0.2, 0.25) is 0 Å². The molecule has 12 rings (SSSR count). The lowest BCUT2D eigenvalue weighted by atomic mass is 9.68. The van der Waals surface area contributed by atoms with Crippen molar-refractivity contribution < 1.29 is 52.1 Å². The van der Waals surface area contributed by atoms with Crippen LogP contribution < -0.4 is 0 Å². The van der Waals surface area contributed by atoms with Crippen LogP contribution in [0.25, 0.3) is 0 Å². The molecule has 6 bridgehead atoms. The van der Waals surface area contributed by atoms with Crippen molar-refractivity contribution in [2.24, 2.45) is 122 Å². The molecule has 0 aromatic heterocycles. The predicted octanol–water partition coefficient (Wildman–Crippen LogP) is 30.5. The third-order valence-corrected chi connectivity index (χ3v) is 29.5. The summed E-state index contributed by atoms with van der Waals surface area (Å²) in [5.41, 5.74) is 1.57. The Hall–Kier alpha value is -0.700. The molecule has 11 unspecified atom stereocenters. The Morgan fingerprint density at radius 1 is 0.286 bits per heavy atom. The van der Waals surface area contributed by atoms with Crippen molar-refractivity contribution in [2.45, 2.75) is 417 Å². The molecule has 11 nitrogen and oxygen atoms in total. The van der Waals surface area contributed by atoms with Gasteiger partial charge < -0.3 is 52.1 Å². The van der Waals surface area contributed by atoms with Gasteiger partial charge in [-0.25, -0.2) is 0 Å². The van der Waals surface area contributed by atoms with Gasteiger partial charge in [0, 0.05) is 119 Å². The molecule has 0 aromatic carbocycles. The maximum Gasteiger partial charge on any atom is 0.0521 e. The molecule has 0 amide bonds. The molecule has 0 aromatic rings. The molecule has 12 aliphatic rings. The molecule has 0 saturated heterocycles. The number of rotatable bonds is 39. The van der Waals surface area contributed by atoms with Crippen LogP contribution in [0.15, 0.2) is 12.2 Å². The van der Waals surface area contributed by atoms with Crippen LogP contribution in [0.1, 0.15) is 417 Å². The van der Waals surface area contributed by atoms with Crippen molar-refractivity contribution in [3.63, 3.8) is 0 Å². The summed E-state index contributed by atoms with van der Waals surface area (Å²) in [4.78, 5) is 0. The minimum absolute atomic E-state index is 0.329.